The van der Waals surface area contributed by atoms with Crippen molar-refractivity contribution in [2.45, 2.75) is 78.1 Å². The quantitative estimate of drug-likeness (QED) is 0.336. The Morgan fingerprint density at radius 2 is 1.26 bits per heavy atom. The molecule has 0 radical (unpaired) electrons. The zero-order valence-corrected chi connectivity index (χ0v) is 17.1. The molecular formula is C25H35FO. The Hall–Kier alpha value is -1.83. The Balaban J connectivity index is 1.76. The molecule has 2 rings (SSSR count). The van der Waals surface area contributed by atoms with Crippen molar-refractivity contribution in [3.8, 4) is 5.75 Å². The van der Waals surface area contributed by atoms with E-state index in [1.165, 1.54) is 49.7 Å². The number of unbranched alkanes of at least 4 members (excludes halogenated alkanes) is 5. The maximum Gasteiger partial charge on any atom is 0.165 e. The minimum atomic E-state index is -0.248. The first-order valence-corrected chi connectivity index (χ1v) is 10.7. The summed E-state index contributed by atoms with van der Waals surface area (Å²) in [7, 11) is 0. The van der Waals surface area contributed by atoms with E-state index in [0.29, 0.717) is 12.4 Å². The summed E-state index contributed by atoms with van der Waals surface area (Å²) < 4.78 is 19.6. The molecule has 0 heterocycles. The third kappa shape index (κ3) is 8.15. The van der Waals surface area contributed by atoms with Crippen molar-refractivity contribution in [1.82, 2.24) is 0 Å². The number of benzene rings is 2. The molecule has 0 bridgehead atoms. The molecule has 2 heteroatoms. The van der Waals surface area contributed by atoms with E-state index in [1.54, 1.807) is 12.1 Å². The van der Waals surface area contributed by atoms with E-state index in [1.807, 2.05) is 6.07 Å². The summed E-state index contributed by atoms with van der Waals surface area (Å²) in [6.45, 7) is 4.93. The van der Waals surface area contributed by atoms with Gasteiger partial charge in [0.2, 0.25) is 0 Å². The summed E-state index contributed by atoms with van der Waals surface area (Å²) >= 11 is 0. The van der Waals surface area contributed by atoms with Crippen LogP contribution in [0.15, 0.2) is 42.5 Å². The predicted octanol–water partition coefficient (Wildman–Crippen LogP) is 7.30. The highest BCUT2D eigenvalue weighted by atomic mass is 19.1. The first-order chi connectivity index (χ1) is 13.2. The molecule has 0 N–H and O–H groups in total. The molecule has 0 saturated carbocycles. The van der Waals surface area contributed by atoms with E-state index in [2.05, 4.69) is 38.1 Å². The molecule has 0 aliphatic rings. The Morgan fingerprint density at radius 3 is 1.93 bits per heavy atom. The fraction of sp³-hybridized carbons (Fsp3) is 0.520. The van der Waals surface area contributed by atoms with Crippen LogP contribution in [-0.4, -0.2) is 6.61 Å². The average molecular weight is 371 g/mol. The van der Waals surface area contributed by atoms with E-state index in [4.69, 9.17) is 4.74 Å². The Labute approximate surface area is 165 Å². The van der Waals surface area contributed by atoms with Gasteiger partial charge in [-0.2, -0.15) is 0 Å². The van der Waals surface area contributed by atoms with Gasteiger partial charge in [-0.1, -0.05) is 76.3 Å². The molecule has 148 valence electrons. The highest BCUT2D eigenvalue weighted by Gasteiger charge is 2.05. The molecule has 0 fully saturated rings. The van der Waals surface area contributed by atoms with Gasteiger partial charge in [0.25, 0.3) is 0 Å². The van der Waals surface area contributed by atoms with Crippen molar-refractivity contribution < 1.29 is 9.13 Å². The number of hydrogen-bond donors (Lipinski definition) is 0. The highest BCUT2D eigenvalue weighted by molar-refractivity contribution is 5.30. The van der Waals surface area contributed by atoms with Gasteiger partial charge in [-0.05, 0) is 60.9 Å². The second-order valence-corrected chi connectivity index (χ2v) is 7.45. The van der Waals surface area contributed by atoms with Crippen molar-refractivity contribution in [2.24, 2.45) is 0 Å². The summed E-state index contributed by atoms with van der Waals surface area (Å²) in [5, 5.41) is 0. The van der Waals surface area contributed by atoms with Crippen molar-refractivity contribution in [1.29, 1.82) is 0 Å². The van der Waals surface area contributed by atoms with Crippen molar-refractivity contribution in [2.75, 3.05) is 6.61 Å². The Morgan fingerprint density at radius 1 is 0.667 bits per heavy atom. The maximum absolute atomic E-state index is 14.1. The molecule has 0 amide bonds. The van der Waals surface area contributed by atoms with Crippen LogP contribution in [0.25, 0.3) is 0 Å². The smallest absolute Gasteiger partial charge is 0.165 e. The lowest BCUT2D eigenvalue weighted by atomic mass is 10.0. The zero-order chi connectivity index (χ0) is 19.3. The minimum Gasteiger partial charge on any atom is -0.491 e. The van der Waals surface area contributed by atoms with Gasteiger partial charge >= 0.3 is 0 Å². The normalized spacial score (nSPS) is 10.9. The van der Waals surface area contributed by atoms with Crippen LogP contribution < -0.4 is 4.74 Å². The van der Waals surface area contributed by atoms with Gasteiger partial charge < -0.3 is 4.74 Å². The summed E-state index contributed by atoms with van der Waals surface area (Å²) in [5.41, 5.74) is 3.76. The van der Waals surface area contributed by atoms with Gasteiger partial charge in [0.1, 0.15) is 0 Å². The van der Waals surface area contributed by atoms with E-state index in [0.717, 1.165) is 31.2 Å². The van der Waals surface area contributed by atoms with Gasteiger partial charge in [0, 0.05) is 0 Å². The summed E-state index contributed by atoms with van der Waals surface area (Å²) in [6.07, 6.45) is 11.6. The summed E-state index contributed by atoms with van der Waals surface area (Å²) in [6, 6.07) is 14.3. The molecule has 0 aliphatic heterocycles. The monoisotopic (exact) mass is 370 g/mol. The largest absolute Gasteiger partial charge is 0.491 e. The van der Waals surface area contributed by atoms with Gasteiger partial charge in [-0.15, -0.1) is 0 Å². The van der Waals surface area contributed by atoms with Gasteiger partial charge in [0.15, 0.2) is 11.6 Å². The molecule has 2 aromatic carbocycles. The molecular weight excluding hydrogens is 335 g/mol. The van der Waals surface area contributed by atoms with Crippen LogP contribution >= 0.6 is 0 Å². The molecule has 27 heavy (non-hydrogen) atoms. The van der Waals surface area contributed by atoms with Crippen molar-refractivity contribution in [3.05, 3.63) is 65.0 Å². The number of aryl methyl sites for hydroxylation is 3. The third-order valence-corrected chi connectivity index (χ3v) is 5.05. The molecule has 0 atom stereocenters. The van der Waals surface area contributed by atoms with E-state index in [9.17, 15) is 4.39 Å². The lowest BCUT2D eigenvalue weighted by Crippen LogP contribution is -2.00. The first kappa shape index (κ1) is 21.5. The fourth-order valence-electron chi connectivity index (χ4n) is 3.24. The lowest BCUT2D eigenvalue weighted by Gasteiger charge is -2.09. The van der Waals surface area contributed by atoms with Crippen molar-refractivity contribution in [3.63, 3.8) is 0 Å². The van der Waals surface area contributed by atoms with Gasteiger partial charge in [-0.25, -0.2) is 4.39 Å². The summed E-state index contributed by atoms with van der Waals surface area (Å²) in [5.74, 6) is 0.123. The van der Waals surface area contributed by atoms with Crippen LogP contribution in [0.1, 0.15) is 75.5 Å². The SMILES string of the molecule is CCCCCCCc1ccc(CCc2ccc(OCCCC)c(F)c2)cc1. The molecule has 0 aromatic heterocycles. The molecule has 2 aromatic rings. The van der Waals surface area contributed by atoms with E-state index < -0.39 is 0 Å². The lowest BCUT2D eigenvalue weighted by molar-refractivity contribution is 0.294. The van der Waals surface area contributed by atoms with Crippen LogP contribution in [0.3, 0.4) is 0 Å². The van der Waals surface area contributed by atoms with Crippen molar-refractivity contribution >= 4 is 0 Å². The molecule has 0 aliphatic carbocycles. The maximum atomic E-state index is 14.1. The van der Waals surface area contributed by atoms with Crippen LogP contribution in [0.4, 0.5) is 4.39 Å². The van der Waals surface area contributed by atoms with Crippen LogP contribution in [0.2, 0.25) is 0 Å². The highest BCUT2D eigenvalue weighted by Crippen LogP contribution is 2.20. The molecule has 1 nitrogen and oxygen atoms in total. The molecule has 0 spiro atoms. The first-order valence-electron chi connectivity index (χ1n) is 10.7. The van der Waals surface area contributed by atoms with E-state index >= 15 is 0 Å². The van der Waals surface area contributed by atoms with Crippen LogP contribution in [0.5, 0.6) is 5.75 Å². The number of halogens is 1. The number of rotatable bonds is 13. The summed E-state index contributed by atoms with van der Waals surface area (Å²) in [4.78, 5) is 0. The Bertz CT molecular complexity index is 648. The Kier molecular flexibility index (Phi) is 9.97. The minimum absolute atomic E-state index is 0.248. The number of hydrogen-bond acceptors (Lipinski definition) is 1. The zero-order valence-electron chi connectivity index (χ0n) is 17.1. The fourth-order valence-corrected chi connectivity index (χ4v) is 3.24. The van der Waals surface area contributed by atoms with E-state index in [-0.39, 0.29) is 5.82 Å². The topological polar surface area (TPSA) is 9.23 Å². The van der Waals surface area contributed by atoms with Gasteiger partial charge in [-0.3, -0.25) is 0 Å². The third-order valence-electron chi connectivity index (χ3n) is 5.05. The van der Waals surface area contributed by atoms with Gasteiger partial charge in [0.05, 0.1) is 6.61 Å². The second-order valence-electron chi connectivity index (χ2n) is 7.45. The molecule has 0 unspecified atom stereocenters. The predicted molar refractivity (Wildman–Crippen MR) is 113 cm³/mol. The second kappa shape index (κ2) is 12.5. The van der Waals surface area contributed by atoms with Crippen LogP contribution in [-0.2, 0) is 19.3 Å². The number of ether oxygens (including phenoxy) is 1. The average Bonchev–Trinajstić information content (AvgIpc) is 2.69. The van der Waals surface area contributed by atoms with Crippen LogP contribution in [0, 0.1) is 5.82 Å². The molecule has 0 saturated heterocycles. The standard InChI is InChI=1S/C25H35FO/c1-3-5-7-8-9-10-21-11-13-22(14-12-21)15-16-23-17-18-25(24(26)20-23)27-19-6-4-2/h11-14,17-18,20H,3-10,15-16,19H2,1-2H3.